The van der Waals surface area contributed by atoms with E-state index in [0.29, 0.717) is 12.1 Å². The summed E-state index contributed by atoms with van der Waals surface area (Å²) >= 11 is 0. The molecular weight excluding hydrogens is 372 g/mol. The van der Waals surface area contributed by atoms with Crippen LogP contribution in [0, 0.1) is 6.92 Å². The molecule has 0 aliphatic rings. The van der Waals surface area contributed by atoms with E-state index in [1.54, 1.807) is 12.1 Å². The molecule has 150 valence electrons. The molecule has 2 aromatic carbocycles. The average molecular weight is 401 g/mol. The van der Waals surface area contributed by atoms with E-state index in [2.05, 4.69) is 48.9 Å². The number of rotatable bonds is 7. The molecule has 7 heteroatoms. The van der Waals surface area contributed by atoms with Gasteiger partial charge in [-0.15, -0.1) is 0 Å². The molecule has 28 heavy (non-hydrogen) atoms. The summed E-state index contributed by atoms with van der Waals surface area (Å²) in [5.74, 6) is 0.900. The highest BCUT2D eigenvalue weighted by molar-refractivity contribution is 7.89. The summed E-state index contributed by atoms with van der Waals surface area (Å²) in [5, 5.41) is 3.54. The predicted octanol–water partition coefficient (Wildman–Crippen LogP) is 3.47. The van der Waals surface area contributed by atoms with Crippen LogP contribution in [0.25, 0.3) is 11.0 Å². The number of sulfonamides is 1. The Hall–Kier alpha value is -2.22. The molecule has 0 saturated heterocycles. The first kappa shape index (κ1) is 20.5. The second-order valence-corrected chi connectivity index (χ2v) is 9.32. The molecule has 1 heterocycles. The maximum Gasteiger partial charge on any atom is 0.242 e. The Bertz CT molecular complexity index is 1090. The standard InChI is InChI=1S/C21H28N4O2S/c1-6-25-20-12-11-17(28(26,27)24(4)5)13-19(20)23-21(25)14-22-16(3)18-10-8-7-9-15(18)2/h7-13,16,22H,6,14H2,1-5H3/t16-/m0/s1. The third kappa shape index (κ3) is 3.83. The van der Waals surface area contributed by atoms with Gasteiger partial charge in [-0.3, -0.25) is 0 Å². The van der Waals surface area contributed by atoms with E-state index in [1.165, 1.54) is 29.5 Å². The predicted molar refractivity (Wildman–Crippen MR) is 113 cm³/mol. The monoisotopic (exact) mass is 400 g/mol. The number of hydrogen-bond donors (Lipinski definition) is 1. The highest BCUT2D eigenvalue weighted by Crippen LogP contribution is 2.23. The highest BCUT2D eigenvalue weighted by atomic mass is 32.2. The summed E-state index contributed by atoms with van der Waals surface area (Å²) in [5.41, 5.74) is 4.16. The second kappa shape index (κ2) is 8.03. The molecule has 1 atom stereocenters. The van der Waals surface area contributed by atoms with Crippen molar-refractivity contribution in [2.24, 2.45) is 0 Å². The number of fused-ring (bicyclic) bond motifs is 1. The lowest BCUT2D eigenvalue weighted by Gasteiger charge is -2.16. The van der Waals surface area contributed by atoms with Gasteiger partial charge in [0.15, 0.2) is 0 Å². The fraction of sp³-hybridized carbons (Fsp3) is 0.381. The Morgan fingerprint density at radius 3 is 2.54 bits per heavy atom. The zero-order valence-electron chi connectivity index (χ0n) is 17.1. The lowest BCUT2D eigenvalue weighted by Crippen LogP contribution is -2.22. The van der Waals surface area contributed by atoms with E-state index >= 15 is 0 Å². The van der Waals surface area contributed by atoms with E-state index < -0.39 is 10.0 Å². The van der Waals surface area contributed by atoms with Gasteiger partial charge in [0.05, 0.1) is 22.5 Å². The molecule has 0 bridgehead atoms. The summed E-state index contributed by atoms with van der Waals surface area (Å²) in [6, 6.07) is 13.7. The zero-order valence-corrected chi connectivity index (χ0v) is 17.9. The lowest BCUT2D eigenvalue weighted by atomic mass is 10.0. The Kier molecular flexibility index (Phi) is 5.88. The van der Waals surface area contributed by atoms with Crippen molar-refractivity contribution in [3.63, 3.8) is 0 Å². The van der Waals surface area contributed by atoms with Crippen LogP contribution < -0.4 is 5.32 Å². The zero-order chi connectivity index (χ0) is 20.5. The molecule has 0 saturated carbocycles. The number of nitrogens with zero attached hydrogens (tertiary/aromatic N) is 3. The van der Waals surface area contributed by atoms with Gasteiger partial charge in [-0.2, -0.15) is 0 Å². The highest BCUT2D eigenvalue weighted by Gasteiger charge is 2.19. The fourth-order valence-electron chi connectivity index (χ4n) is 3.45. The number of aryl methyl sites for hydroxylation is 2. The molecule has 1 N–H and O–H groups in total. The van der Waals surface area contributed by atoms with Crippen LogP contribution >= 0.6 is 0 Å². The van der Waals surface area contributed by atoms with Crippen LogP contribution in [0.15, 0.2) is 47.4 Å². The second-order valence-electron chi connectivity index (χ2n) is 7.17. The Labute approximate surface area is 167 Å². The van der Waals surface area contributed by atoms with Crippen molar-refractivity contribution in [3.8, 4) is 0 Å². The molecule has 0 unspecified atom stereocenters. The van der Waals surface area contributed by atoms with Crippen molar-refractivity contribution in [2.45, 2.75) is 44.8 Å². The maximum atomic E-state index is 12.4. The van der Waals surface area contributed by atoms with E-state index in [-0.39, 0.29) is 10.9 Å². The lowest BCUT2D eigenvalue weighted by molar-refractivity contribution is 0.521. The first-order valence-corrected chi connectivity index (χ1v) is 10.9. The Balaban J connectivity index is 1.90. The quantitative estimate of drug-likeness (QED) is 0.659. The topological polar surface area (TPSA) is 67.2 Å². The van der Waals surface area contributed by atoms with Crippen molar-refractivity contribution < 1.29 is 8.42 Å². The molecule has 0 radical (unpaired) electrons. The third-order valence-corrected chi connectivity index (χ3v) is 6.93. The van der Waals surface area contributed by atoms with Crippen LogP contribution in [-0.2, 0) is 23.1 Å². The van der Waals surface area contributed by atoms with Crippen LogP contribution in [0.5, 0.6) is 0 Å². The van der Waals surface area contributed by atoms with Crippen molar-refractivity contribution in [3.05, 3.63) is 59.4 Å². The normalized spacial score (nSPS) is 13.4. The number of hydrogen-bond acceptors (Lipinski definition) is 4. The van der Waals surface area contributed by atoms with E-state index in [1.807, 2.05) is 12.1 Å². The Morgan fingerprint density at radius 1 is 1.18 bits per heavy atom. The summed E-state index contributed by atoms with van der Waals surface area (Å²) in [6.45, 7) is 7.70. The van der Waals surface area contributed by atoms with Crippen LogP contribution in [0.3, 0.4) is 0 Å². The van der Waals surface area contributed by atoms with Gasteiger partial charge in [0.25, 0.3) is 0 Å². The number of nitrogens with one attached hydrogen (secondary N) is 1. The minimum absolute atomic E-state index is 0.191. The molecule has 6 nitrogen and oxygen atoms in total. The van der Waals surface area contributed by atoms with Crippen LogP contribution in [0.2, 0.25) is 0 Å². The number of imidazole rings is 1. The van der Waals surface area contributed by atoms with Crippen molar-refractivity contribution in [1.29, 1.82) is 0 Å². The summed E-state index contributed by atoms with van der Waals surface area (Å²) in [4.78, 5) is 4.99. The molecule has 3 aromatic rings. The van der Waals surface area contributed by atoms with E-state index in [0.717, 1.165) is 17.9 Å². The summed E-state index contributed by atoms with van der Waals surface area (Å²) < 4.78 is 28.2. The first-order chi connectivity index (χ1) is 13.3. The third-order valence-electron chi connectivity index (χ3n) is 5.11. The summed E-state index contributed by atoms with van der Waals surface area (Å²) in [7, 11) is -0.408. The van der Waals surface area contributed by atoms with Gasteiger partial charge in [-0.25, -0.2) is 17.7 Å². The van der Waals surface area contributed by atoms with Gasteiger partial charge in [-0.05, 0) is 50.1 Å². The van der Waals surface area contributed by atoms with Gasteiger partial charge < -0.3 is 9.88 Å². The smallest absolute Gasteiger partial charge is 0.242 e. The van der Waals surface area contributed by atoms with Gasteiger partial charge in [0.1, 0.15) is 5.82 Å². The van der Waals surface area contributed by atoms with Crippen LogP contribution in [-0.4, -0.2) is 36.4 Å². The van der Waals surface area contributed by atoms with E-state index in [4.69, 9.17) is 4.98 Å². The average Bonchev–Trinajstić information content (AvgIpc) is 3.02. The van der Waals surface area contributed by atoms with Gasteiger partial charge in [-0.1, -0.05) is 24.3 Å². The number of benzene rings is 2. The van der Waals surface area contributed by atoms with Crippen molar-refractivity contribution in [2.75, 3.05) is 14.1 Å². The fourth-order valence-corrected chi connectivity index (χ4v) is 4.37. The molecular formula is C21H28N4O2S. The molecule has 1 aromatic heterocycles. The van der Waals surface area contributed by atoms with Crippen molar-refractivity contribution in [1.82, 2.24) is 19.2 Å². The number of aromatic nitrogens is 2. The van der Waals surface area contributed by atoms with Gasteiger partial charge in [0, 0.05) is 26.7 Å². The minimum Gasteiger partial charge on any atom is -0.327 e. The van der Waals surface area contributed by atoms with Crippen LogP contribution in [0.1, 0.15) is 36.8 Å². The van der Waals surface area contributed by atoms with Crippen LogP contribution in [0.4, 0.5) is 0 Å². The molecule has 3 rings (SSSR count). The molecule has 0 aliphatic heterocycles. The molecule has 0 spiro atoms. The van der Waals surface area contributed by atoms with Gasteiger partial charge in [0.2, 0.25) is 10.0 Å². The SMILES string of the molecule is CCn1c(CN[C@@H](C)c2ccccc2C)nc2cc(S(=O)(=O)N(C)C)ccc21. The maximum absolute atomic E-state index is 12.4. The molecule has 0 fully saturated rings. The first-order valence-electron chi connectivity index (χ1n) is 9.46. The minimum atomic E-state index is -3.48. The van der Waals surface area contributed by atoms with Crippen molar-refractivity contribution >= 4 is 21.1 Å². The van der Waals surface area contributed by atoms with Gasteiger partial charge >= 0.3 is 0 Å². The largest absolute Gasteiger partial charge is 0.327 e. The molecule has 0 aliphatic carbocycles. The Morgan fingerprint density at radius 2 is 1.89 bits per heavy atom. The molecule has 0 amide bonds. The summed E-state index contributed by atoms with van der Waals surface area (Å²) in [6.07, 6.45) is 0. The van der Waals surface area contributed by atoms with E-state index in [9.17, 15) is 8.42 Å².